The van der Waals surface area contributed by atoms with Crippen LogP contribution in [0.2, 0.25) is 0 Å². The number of aromatic amines is 1. The van der Waals surface area contributed by atoms with E-state index in [0.29, 0.717) is 5.82 Å². The van der Waals surface area contributed by atoms with Crippen LogP contribution in [0.4, 0.5) is 0 Å². The molecule has 0 bridgehead atoms. The summed E-state index contributed by atoms with van der Waals surface area (Å²) < 4.78 is 1.79. The van der Waals surface area contributed by atoms with E-state index in [1.54, 1.807) is 16.0 Å². The number of nitrogens with one attached hydrogen (secondary N) is 1. The van der Waals surface area contributed by atoms with Crippen molar-refractivity contribution in [1.29, 1.82) is 0 Å². The fourth-order valence-electron chi connectivity index (χ4n) is 1.72. The van der Waals surface area contributed by atoms with Crippen molar-refractivity contribution in [3.8, 4) is 22.2 Å². The molecule has 0 saturated carbocycles. The average Bonchev–Trinajstić information content (AvgIpc) is 2.97. The van der Waals surface area contributed by atoms with E-state index in [4.69, 9.17) is 0 Å². The summed E-state index contributed by atoms with van der Waals surface area (Å²) in [4.78, 5) is 5.57. The number of aryl methyl sites for hydroxylation is 2. The number of hydrogen-bond donors (Lipinski definition) is 1. The molecule has 0 aliphatic heterocycles. The maximum Gasteiger partial charge on any atom is 0.199 e. The molecular weight excluding hydrogens is 234 g/mol. The molecule has 3 aromatic rings. The van der Waals surface area contributed by atoms with Gasteiger partial charge in [0, 0.05) is 7.05 Å². The average molecular weight is 245 g/mol. The maximum atomic E-state index is 4.48. The van der Waals surface area contributed by atoms with Crippen LogP contribution in [-0.4, -0.2) is 25.0 Å². The molecule has 0 aliphatic rings. The molecule has 0 fully saturated rings. The van der Waals surface area contributed by atoms with E-state index in [0.717, 1.165) is 22.1 Å². The second-order valence-electron chi connectivity index (χ2n) is 3.78. The van der Waals surface area contributed by atoms with Crippen molar-refractivity contribution in [2.24, 2.45) is 7.05 Å². The SMILES string of the molecule is Cc1cc(-c2n[nH]c(-c3cccs3)n2)n(C)n1. The van der Waals surface area contributed by atoms with Gasteiger partial charge >= 0.3 is 0 Å². The summed E-state index contributed by atoms with van der Waals surface area (Å²) in [5.74, 6) is 1.48. The molecule has 1 N–H and O–H groups in total. The number of aromatic nitrogens is 5. The molecule has 5 nitrogen and oxygen atoms in total. The van der Waals surface area contributed by atoms with Gasteiger partial charge in [0.05, 0.1) is 10.6 Å². The molecule has 0 aliphatic carbocycles. The van der Waals surface area contributed by atoms with E-state index in [2.05, 4.69) is 20.3 Å². The molecule has 0 aromatic carbocycles. The van der Waals surface area contributed by atoms with Crippen LogP contribution in [0.1, 0.15) is 5.69 Å². The Balaban J connectivity index is 2.03. The van der Waals surface area contributed by atoms with Crippen molar-refractivity contribution in [2.75, 3.05) is 0 Å². The largest absolute Gasteiger partial charge is 0.264 e. The Labute approximate surface area is 102 Å². The van der Waals surface area contributed by atoms with Gasteiger partial charge in [-0.25, -0.2) is 4.98 Å². The van der Waals surface area contributed by atoms with Gasteiger partial charge in [-0.15, -0.1) is 11.3 Å². The molecule has 0 atom stereocenters. The molecule has 3 heterocycles. The molecule has 86 valence electrons. The molecule has 0 saturated heterocycles. The van der Waals surface area contributed by atoms with Gasteiger partial charge in [0.15, 0.2) is 11.6 Å². The van der Waals surface area contributed by atoms with Crippen LogP contribution in [0.5, 0.6) is 0 Å². The predicted molar refractivity (Wildman–Crippen MR) is 66.6 cm³/mol. The number of H-pyrrole nitrogens is 1. The summed E-state index contributed by atoms with van der Waals surface area (Å²) in [5.41, 5.74) is 1.88. The minimum atomic E-state index is 0.677. The number of nitrogens with zero attached hydrogens (tertiary/aromatic N) is 4. The summed E-state index contributed by atoms with van der Waals surface area (Å²) >= 11 is 1.64. The first-order valence-electron chi connectivity index (χ1n) is 5.21. The molecule has 3 aromatic heterocycles. The zero-order chi connectivity index (χ0) is 11.8. The molecule has 0 amide bonds. The Morgan fingerprint density at radius 2 is 2.29 bits per heavy atom. The summed E-state index contributed by atoms with van der Waals surface area (Å²) in [6.07, 6.45) is 0. The number of rotatable bonds is 2. The molecule has 6 heteroatoms. The smallest absolute Gasteiger partial charge is 0.199 e. The first-order valence-corrected chi connectivity index (χ1v) is 6.09. The van der Waals surface area contributed by atoms with Gasteiger partial charge in [-0.2, -0.15) is 10.2 Å². The Morgan fingerprint density at radius 1 is 1.41 bits per heavy atom. The molecule has 3 rings (SSSR count). The van der Waals surface area contributed by atoms with Crippen molar-refractivity contribution < 1.29 is 0 Å². The van der Waals surface area contributed by atoms with Crippen LogP contribution >= 0.6 is 11.3 Å². The number of hydrogen-bond acceptors (Lipinski definition) is 4. The van der Waals surface area contributed by atoms with Gasteiger partial charge < -0.3 is 0 Å². The van der Waals surface area contributed by atoms with Crippen molar-refractivity contribution in [1.82, 2.24) is 25.0 Å². The zero-order valence-electron chi connectivity index (χ0n) is 9.51. The first-order chi connectivity index (χ1) is 8.24. The first kappa shape index (κ1) is 10.2. The lowest BCUT2D eigenvalue weighted by Crippen LogP contribution is -1.94. The van der Waals surface area contributed by atoms with E-state index >= 15 is 0 Å². The lowest BCUT2D eigenvalue weighted by Gasteiger charge is -1.93. The van der Waals surface area contributed by atoms with Gasteiger partial charge in [0.1, 0.15) is 5.69 Å². The van der Waals surface area contributed by atoms with Gasteiger partial charge in [0.2, 0.25) is 0 Å². The van der Waals surface area contributed by atoms with Crippen molar-refractivity contribution in [3.05, 3.63) is 29.3 Å². The zero-order valence-corrected chi connectivity index (χ0v) is 10.3. The molecule has 17 heavy (non-hydrogen) atoms. The van der Waals surface area contributed by atoms with E-state index < -0.39 is 0 Å². The van der Waals surface area contributed by atoms with Crippen molar-refractivity contribution in [2.45, 2.75) is 6.92 Å². The maximum absolute atomic E-state index is 4.48. The third kappa shape index (κ3) is 1.76. The van der Waals surface area contributed by atoms with Crippen LogP contribution in [-0.2, 0) is 7.05 Å². The lowest BCUT2D eigenvalue weighted by atomic mass is 10.3. The van der Waals surface area contributed by atoms with Crippen LogP contribution < -0.4 is 0 Å². The normalized spacial score (nSPS) is 10.9. The summed E-state index contributed by atoms with van der Waals surface area (Å²) in [6.45, 7) is 1.95. The summed E-state index contributed by atoms with van der Waals surface area (Å²) in [7, 11) is 1.89. The van der Waals surface area contributed by atoms with E-state index in [1.165, 1.54) is 0 Å². The third-order valence-electron chi connectivity index (χ3n) is 2.47. The Bertz CT molecular complexity index is 635. The standard InChI is InChI=1S/C11H11N5S/c1-7-6-8(16(2)15-7)10-12-11(14-13-10)9-4-3-5-17-9/h3-6H,1-2H3,(H,12,13,14). The van der Waals surface area contributed by atoms with Crippen LogP contribution in [0, 0.1) is 6.92 Å². The monoisotopic (exact) mass is 245 g/mol. The summed E-state index contributed by atoms with van der Waals surface area (Å²) in [5, 5.41) is 13.5. The van der Waals surface area contributed by atoms with Crippen LogP contribution in [0.3, 0.4) is 0 Å². The van der Waals surface area contributed by atoms with Crippen molar-refractivity contribution in [3.63, 3.8) is 0 Å². The van der Waals surface area contributed by atoms with E-state index in [9.17, 15) is 0 Å². The lowest BCUT2D eigenvalue weighted by molar-refractivity contribution is 0.759. The highest BCUT2D eigenvalue weighted by molar-refractivity contribution is 7.13. The minimum absolute atomic E-state index is 0.677. The highest BCUT2D eigenvalue weighted by Crippen LogP contribution is 2.23. The second kappa shape index (κ2) is 3.81. The molecule has 0 spiro atoms. The van der Waals surface area contributed by atoms with Crippen LogP contribution in [0.25, 0.3) is 22.2 Å². The van der Waals surface area contributed by atoms with Gasteiger partial charge in [-0.3, -0.25) is 9.78 Å². The second-order valence-corrected chi connectivity index (χ2v) is 4.73. The molecule has 0 radical (unpaired) electrons. The number of thiophene rings is 1. The quantitative estimate of drug-likeness (QED) is 0.753. The molecular formula is C11H11N5S. The predicted octanol–water partition coefficient (Wildman–Crippen LogP) is 2.24. The van der Waals surface area contributed by atoms with Crippen molar-refractivity contribution >= 4 is 11.3 Å². The van der Waals surface area contributed by atoms with E-state index in [-0.39, 0.29) is 0 Å². The van der Waals surface area contributed by atoms with E-state index in [1.807, 2.05) is 37.6 Å². The highest BCUT2D eigenvalue weighted by Gasteiger charge is 2.12. The van der Waals surface area contributed by atoms with Gasteiger partial charge in [-0.1, -0.05) is 6.07 Å². The summed E-state index contributed by atoms with van der Waals surface area (Å²) in [6, 6.07) is 5.99. The topological polar surface area (TPSA) is 59.4 Å². The Hall–Kier alpha value is -1.95. The fraction of sp³-hybridized carbons (Fsp3) is 0.182. The molecule has 0 unspecified atom stereocenters. The fourth-order valence-corrected chi connectivity index (χ4v) is 2.38. The Kier molecular flexibility index (Phi) is 2.29. The van der Waals surface area contributed by atoms with Gasteiger partial charge in [0.25, 0.3) is 0 Å². The van der Waals surface area contributed by atoms with Crippen LogP contribution in [0.15, 0.2) is 23.6 Å². The minimum Gasteiger partial charge on any atom is -0.264 e. The Morgan fingerprint density at radius 3 is 2.94 bits per heavy atom. The van der Waals surface area contributed by atoms with Gasteiger partial charge in [-0.05, 0) is 24.4 Å². The third-order valence-corrected chi connectivity index (χ3v) is 3.35. The highest BCUT2D eigenvalue weighted by atomic mass is 32.1.